The van der Waals surface area contributed by atoms with Crippen LogP contribution in [0.15, 0.2) is 7.57 Å². The van der Waals surface area contributed by atoms with E-state index < -0.39 is 0 Å². The van der Waals surface area contributed by atoms with Gasteiger partial charge >= 0.3 is 0 Å². The van der Waals surface area contributed by atoms with E-state index >= 15 is 0 Å². The molecule has 2 rings (SSSR count). The molecular weight excluding hydrogens is 416 g/mol. The lowest BCUT2D eigenvalue weighted by atomic mass is 9.96. The molecule has 0 bridgehead atoms. The average molecular weight is 438 g/mol. The molecule has 0 fully saturated rings. The highest BCUT2D eigenvalue weighted by Gasteiger charge is 2.20. The Morgan fingerprint density at radius 1 is 0.950 bits per heavy atom. The first kappa shape index (κ1) is 17.0. The molecule has 0 aliphatic heterocycles. The number of hydrogen-bond donors (Lipinski definition) is 0. The molecule has 0 aromatic carbocycles. The highest BCUT2D eigenvalue weighted by Crippen LogP contribution is 2.48. The second-order valence-corrected chi connectivity index (χ2v) is 10.2. The van der Waals surface area contributed by atoms with Crippen LogP contribution in [-0.4, -0.2) is 0 Å². The molecule has 0 radical (unpaired) electrons. The van der Waals surface area contributed by atoms with Crippen LogP contribution in [0.5, 0.6) is 0 Å². The maximum Gasteiger partial charge on any atom is 0.0754 e. The van der Waals surface area contributed by atoms with Crippen molar-refractivity contribution in [3.8, 4) is 0 Å². The van der Waals surface area contributed by atoms with Crippen molar-refractivity contribution >= 4 is 63.9 Å². The summed E-state index contributed by atoms with van der Waals surface area (Å²) in [5, 5.41) is 0. The Morgan fingerprint density at radius 3 is 2.30 bits per heavy atom. The Kier molecular flexibility index (Phi) is 6.58. The van der Waals surface area contributed by atoms with Crippen LogP contribution in [0.1, 0.15) is 69.4 Å². The van der Waals surface area contributed by atoms with Crippen LogP contribution in [0.4, 0.5) is 0 Å². The maximum absolute atomic E-state index is 3.79. The highest BCUT2D eigenvalue weighted by molar-refractivity contribution is 9.11. The van der Waals surface area contributed by atoms with Gasteiger partial charge in [0.1, 0.15) is 0 Å². The van der Waals surface area contributed by atoms with E-state index in [1.807, 2.05) is 22.7 Å². The highest BCUT2D eigenvalue weighted by atomic mass is 79.9. The molecular formula is C16H22Br2S2. The van der Waals surface area contributed by atoms with Crippen LogP contribution >= 0.6 is 54.5 Å². The number of thiophene rings is 2. The summed E-state index contributed by atoms with van der Waals surface area (Å²) < 4.78 is 5.59. The minimum Gasteiger partial charge on any atom is -0.127 e. The summed E-state index contributed by atoms with van der Waals surface area (Å²) in [6.07, 6.45) is 8.16. The van der Waals surface area contributed by atoms with Crippen LogP contribution in [0.3, 0.4) is 0 Å². The predicted octanol–water partition coefficient (Wildman–Crippen LogP) is 8.26. The third-order valence-electron chi connectivity index (χ3n) is 3.91. The van der Waals surface area contributed by atoms with E-state index in [0.717, 1.165) is 0 Å². The van der Waals surface area contributed by atoms with Gasteiger partial charge in [0.2, 0.25) is 0 Å². The van der Waals surface area contributed by atoms with E-state index in [1.54, 1.807) is 5.56 Å². The van der Waals surface area contributed by atoms with Crippen LogP contribution in [0, 0.1) is 6.92 Å². The standard InChI is InChI=1S/C16H22Br2S2/c1-4-5-6-7-8-9-10(2)12-14-13(19-16(12)18)11(3)15(17)20-14/h10H,4-9H2,1-3H3. The van der Waals surface area contributed by atoms with Crippen molar-refractivity contribution in [1.82, 2.24) is 0 Å². The van der Waals surface area contributed by atoms with Gasteiger partial charge in [-0.15, -0.1) is 22.7 Å². The summed E-state index contributed by atoms with van der Waals surface area (Å²) in [6.45, 7) is 6.87. The fourth-order valence-corrected chi connectivity index (χ4v) is 7.17. The molecule has 0 N–H and O–H groups in total. The van der Waals surface area contributed by atoms with E-state index in [4.69, 9.17) is 0 Å². The monoisotopic (exact) mass is 436 g/mol. The fourth-order valence-electron chi connectivity index (χ4n) is 2.62. The largest absolute Gasteiger partial charge is 0.127 e. The number of unbranched alkanes of at least 4 members (excludes halogenated alkanes) is 4. The molecule has 0 saturated carbocycles. The van der Waals surface area contributed by atoms with Crippen LogP contribution in [-0.2, 0) is 0 Å². The van der Waals surface area contributed by atoms with Crippen molar-refractivity contribution in [1.29, 1.82) is 0 Å². The van der Waals surface area contributed by atoms with E-state index in [9.17, 15) is 0 Å². The zero-order valence-corrected chi connectivity index (χ0v) is 17.2. The van der Waals surface area contributed by atoms with Gasteiger partial charge in [-0.05, 0) is 62.2 Å². The van der Waals surface area contributed by atoms with Gasteiger partial charge in [-0.2, -0.15) is 0 Å². The van der Waals surface area contributed by atoms with Gasteiger partial charge in [-0.3, -0.25) is 0 Å². The summed E-state index contributed by atoms with van der Waals surface area (Å²) in [4.78, 5) is 0. The summed E-state index contributed by atoms with van der Waals surface area (Å²) >= 11 is 11.3. The lowest BCUT2D eigenvalue weighted by Gasteiger charge is -2.11. The second kappa shape index (κ2) is 7.75. The summed E-state index contributed by atoms with van der Waals surface area (Å²) in [5.74, 6) is 0.657. The number of halogens is 2. The third-order valence-corrected chi connectivity index (χ3v) is 8.26. The van der Waals surface area contributed by atoms with Crippen LogP contribution in [0.25, 0.3) is 9.40 Å². The Labute approximate surface area is 147 Å². The fraction of sp³-hybridized carbons (Fsp3) is 0.625. The topological polar surface area (TPSA) is 0 Å². The van der Waals surface area contributed by atoms with Gasteiger partial charge in [-0.25, -0.2) is 0 Å². The van der Waals surface area contributed by atoms with Gasteiger partial charge in [0.25, 0.3) is 0 Å². The molecule has 0 amide bonds. The van der Waals surface area contributed by atoms with Gasteiger partial charge in [0, 0.05) is 0 Å². The lowest BCUT2D eigenvalue weighted by Crippen LogP contribution is -1.93. The quantitative estimate of drug-likeness (QED) is 0.382. The van der Waals surface area contributed by atoms with E-state index in [1.165, 1.54) is 61.1 Å². The molecule has 0 nitrogen and oxygen atoms in total. The number of aryl methyl sites for hydroxylation is 1. The van der Waals surface area contributed by atoms with Gasteiger partial charge < -0.3 is 0 Å². The molecule has 4 heteroatoms. The molecule has 2 aromatic rings. The predicted molar refractivity (Wildman–Crippen MR) is 102 cm³/mol. The van der Waals surface area contributed by atoms with Crippen LogP contribution in [0.2, 0.25) is 0 Å². The summed E-state index contributed by atoms with van der Waals surface area (Å²) in [7, 11) is 0. The average Bonchev–Trinajstić information content (AvgIpc) is 2.86. The first-order valence-corrected chi connectivity index (χ1v) is 10.6. The molecule has 1 unspecified atom stereocenters. The van der Waals surface area contributed by atoms with Crippen molar-refractivity contribution in [3.63, 3.8) is 0 Å². The lowest BCUT2D eigenvalue weighted by molar-refractivity contribution is 0.568. The van der Waals surface area contributed by atoms with E-state index in [2.05, 4.69) is 52.6 Å². The summed E-state index contributed by atoms with van der Waals surface area (Å²) in [6, 6.07) is 0. The van der Waals surface area contributed by atoms with Crippen molar-refractivity contribution in [2.45, 2.75) is 65.2 Å². The molecule has 2 aromatic heterocycles. The maximum atomic E-state index is 3.79. The zero-order valence-electron chi connectivity index (χ0n) is 12.4. The minimum atomic E-state index is 0.657. The van der Waals surface area contributed by atoms with Gasteiger partial charge in [-0.1, -0.05) is 46.0 Å². The molecule has 2 heterocycles. The second-order valence-electron chi connectivity index (χ2n) is 5.55. The Balaban J connectivity index is 2.07. The Morgan fingerprint density at radius 2 is 1.60 bits per heavy atom. The molecule has 0 aliphatic rings. The first-order valence-electron chi connectivity index (χ1n) is 7.43. The molecule has 0 aliphatic carbocycles. The SMILES string of the molecule is CCCCCCCC(C)c1c(Br)sc2c(C)c(Br)sc12. The van der Waals surface area contributed by atoms with Crippen molar-refractivity contribution in [2.24, 2.45) is 0 Å². The van der Waals surface area contributed by atoms with E-state index in [0.29, 0.717) is 5.92 Å². The minimum absolute atomic E-state index is 0.657. The Bertz CT molecular complexity index is 569. The first-order chi connectivity index (χ1) is 9.56. The smallest absolute Gasteiger partial charge is 0.0754 e. The van der Waals surface area contributed by atoms with E-state index in [-0.39, 0.29) is 0 Å². The number of rotatable bonds is 7. The molecule has 20 heavy (non-hydrogen) atoms. The number of hydrogen-bond acceptors (Lipinski definition) is 2. The van der Waals surface area contributed by atoms with Gasteiger partial charge in [0.15, 0.2) is 0 Å². The van der Waals surface area contributed by atoms with Gasteiger partial charge in [0.05, 0.1) is 17.0 Å². The number of fused-ring (bicyclic) bond motifs is 1. The van der Waals surface area contributed by atoms with Crippen molar-refractivity contribution < 1.29 is 0 Å². The summed E-state index contributed by atoms with van der Waals surface area (Å²) in [5.41, 5.74) is 2.94. The Hall–Kier alpha value is 0.620. The molecule has 1 atom stereocenters. The third kappa shape index (κ3) is 3.68. The van der Waals surface area contributed by atoms with Crippen molar-refractivity contribution in [3.05, 3.63) is 18.7 Å². The molecule has 112 valence electrons. The molecule has 0 saturated heterocycles. The molecule has 0 spiro atoms. The zero-order chi connectivity index (χ0) is 14.7. The normalized spacial score (nSPS) is 13.2. The van der Waals surface area contributed by atoms with Crippen molar-refractivity contribution in [2.75, 3.05) is 0 Å². The van der Waals surface area contributed by atoms with Crippen LogP contribution < -0.4 is 0 Å².